The van der Waals surface area contributed by atoms with Gasteiger partial charge in [0.05, 0.1) is 13.2 Å². The molecule has 1 N–H and O–H groups in total. The van der Waals surface area contributed by atoms with E-state index >= 15 is 0 Å². The van der Waals surface area contributed by atoms with E-state index in [0.29, 0.717) is 19.8 Å². The molecular weight excluding hydrogens is 380 g/mol. The molecule has 1 unspecified atom stereocenters. The Balaban J connectivity index is 1.16. The predicted octanol–water partition coefficient (Wildman–Crippen LogP) is 2.58. The van der Waals surface area contributed by atoms with Gasteiger partial charge >= 0.3 is 0 Å². The molecule has 1 atom stereocenters. The van der Waals surface area contributed by atoms with Gasteiger partial charge in [-0.1, -0.05) is 12.1 Å². The fraction of sp³-hybridized carbons (Fsp3) is 0.500. The molecule has 6 nitrogen and oxygen atoms in total. The van der Waals surface area contributed by atoms with Crippen molar-refractivity contribution in [2.75, 3.05) is 52.5 Å². The zero-order chi connectivity index (χ0) is 20.8. The quantitative estimate of drug-likeness (QED) is 0.683. The maximum atomic E-state index is 10.4. The van der Waals surface area contributed by atoms with Crippen LogP contribution in [0, 0.1) is 0 Å². The first-order valence-corrected chi connectivity index (χ1v) is 10.9. The second-order valence-corrected chi connectivity index (χ2v) is 7.99. The molecule has 1 saturated heterocycles. The van der Waals surface area contributed by atoms with Crippen LogP contribution in [0.15, 0.2) is 42.5 Å². The van der Waals surface area contributed by atoms with E-state index in [1.807, 2.05) is 31.2 Å². The Morgan fingerprint density at radius 1 is 0.967 bits per heavy atom. The van der Waals surface area contributed by atoms with Crippen molar-refractivity contribution in [3.63, 3.8) is 0 Å². The summed E-state index contributed by atoms with van der Waals surface area (Å²) >= 11 is 0. The average Bonchev–Trinajstić information content (AvgIpc) is 3.23. The maximum absolute atomic E-state index is 10.4. The third kappa shape index (κ3) is 5.65. The molecule has 2 heterocycles. The number of benzene rings is 2. The average molecular weight is 413 g/mol. The molecule has 0 amide bonds. The zero-order valence-electron chi connectivity index (χ0n) is 17.8. The Hall–Kier alpha value is -2.28. The molecule has 1 fully saturated rings. The van der Waals surface area contributed by atoms with Crippen LogP contribution in [-0.4, -0.2) is 73.6 Å². The van der Waals surface area contributed by atoms with E-state index in [0.717, 1.165) is 63.0 Å². The highest BCUT2D eigenvalue weighted by atomic mass is 16.5. The van der Waals surface area contributed by atoms with Gasteiger partial charge in [-0.2, -0.15) is 0 Å². The van der Waals surface area contributed by atoms with Gasteiger partial charge in [0, 0.05) is 45.7 Å². The van der Waals surface area contributed by atoms with Gasteiger partial charge < -0.3 is 19.3 Å². The van der Waals surface area contributed by atoms with Crippen LogP contribution in [0.5, 0.6) is 17.2 Å². The molecule has 2 aromatic rings. The maximum Gasteiger partial charge on any atom is 0.122 e. The molecule has 0 bridgehead atoms. The lowest BCUT2D eigenvalue weighted by atomic mass is 10.1. The van der Waals surface area contributed by atoms with Crippen molar-refractivity contribution in [2.24, 2.45) is 0 Å². The molecule has 30 heavy (non-hydrogen) atoms. The van der Waals surface area contributed by atoms with Crippen LogP contribution in [0.1, 0.15) is 18.1 Å². The highest BCUT2D eigenvalue weighted by Gasteiger charge is 2.20. The minimum absolute atomic E-state index is 0.297. The van der Waals surface area contributed by atoms with E-state index in [1.165, 1.54) is 11.1 Å². The lowest BCUT2D eigenvalue weighted by Crippen LogP contribution is -2.48. The number of aliphatic hydroxyl groups is 1. The Morgan fingerprint density at radius 2 is 1.67 bits per heavy atom. The van der Waals surface area contributed by atoms with E-state index in [1.54, 1.807) is 0 Å². The fourth-order valence-electron chi connectivity index (χ4n) is 4.07. The Morgan fingerprint density at radius 3 is 2.40 bits per heavy atom. The summed E-state index contributed by atoms with van der Waals surface area (Å²) in [4.78, 5) is 4.80. The van der Waals surface area contributed by atoms with Gasteiger partial charge in [0.2, 0.25) is 0 Å². The molecule has 2 aliphatic rings. The van der Waals surface area contributed by atoms with Crippen LogP contribution >= 0.6 is 0 Å². The van der Waals surface area contributed by atoms with Crippen molar-refractivity contribution < 1.29 is 19.3 Å². The van der Waals surface area contributed by atoms with E-state index in [-0.39, 0.29) is 0 Å². The summed E-state index contributed by atoms with van der Waals surface area (Å²) in [5.41, 5.74) is 2.69. The second-order valence-electron chi connectivity index (χ2n) is 7.99. The van der Waals surface area contributed by atoms with Gasteiger partial charge in [-0.15, -0.1) is 0 Å². The minimum Gasteiger partial charge on any atom is -0.494 e. The summed E-state index contributed by atoms with van der Waals surface area (Å²) in [6.45, 7) is 9.29. The molecular formula is C24H32N2O4. The van der Waals surface area contributed by atoms with Gasteiger partial charge in [0.25, 0.3) is 0 Å². The number of nitrogens with zero attached hydrogens (tertiary/aromatic N) is 2. The van der Waals surface area contributed by atoms with E-state index < -0.39 is 6.10 Å². The van der Waals surface area contributed by atoms with Gasteiger partial charge in [-0.05, 0) is 48.4 Å². The van der Waals surface area contributed by atoms with Gasteiger partial charge in [-0.3, -0.25) is 9.80 Å². The van der Waals surface area contributed by atoms with Crippen LogP contribution < -0.4 is 14.2 Å². The smallest absolute Gasteiger partial charge is 0.122 e. The van der Waals surface area contributed by atoms with Crippen molar-refractivity contribution in [3.8, 4) is 17.2 Å². The van der Waals surface area contributed by atoms with Crippen LogP contribution in [-0.2, 0) is 13.0 Å². The summed E-state index contributed by atoms with van der Waals surface area (Å²) in [5.74, 6) is 2.63. The Labute approximate surface area is 179 Å². The Bertz CT molecular complexity index is 803. The van der Waals surface area contributed by atoms with Crippen LogP contribution in [0.25, 0.3) is 0 Å². The SMILES string of the molecule is CCOc1ccc(OCC(O)CN2CCN(Cc3ccc4c(c3)CCO4)CC2)cc1. The van der Waals surface area contributed by atoms with Gasteiger partial charge in [-0.25, -0.2) is 0 Å². The number of hydrogen-bond donors (Lipinski definition) is 1. The largest absolute Gasteiger partial charge is 0.494 e. The predicted molar refractivity (Wildman–Crippen MR) is 116 cm³/mol. The first-order chi connectivity index (χ1) is 14.7. The third-order valence-corrected chi connectivity index (χ3v) is 5.67. The van der Waals surface area contributed by atoms with Crippen molar-refractivity contribution in [1.82, 2.24) is 9.80 Å². The number of hydrogen-bond acceptors (Lipinski definition) is 6. The number of aliphatic hydroxyl groups excluding tert-OH is 1. The molecule has 0 spiro atoms. The number of ether oxygens (including phenoxy) is 3. The normalized spacial score (nSPS) is 17.9. The van der Waals surface area contributed by atoms with E-state index in [9.17, 15) is 5.11 Å². The molecule has 0 radical (unpaired) electrons. The molecule has 2 aromatic carbocycles. The summed E-state index contributed by atoms with van der Waals surface area (Å²) < 4.78 is 16.8. The summed E-state index contributed by atoms with van der Waals surface area (Å²) in [6, 6.07) is 14.1. The number of rotatable bonds is 9. The lowest BCUT2D eigenvalue weighted by molar-refractivity contribution is 0.0446. The molecule has 0 aromatic heterocycles. The first-order valence-electron chi connectivity index (χ1n) is 10.9. The zero-order valence-corrected chi connectivity index (χ0v) is 17.8. The molecule has 6 heteroatoms. The summed E-state index contributed by atoms with van der Waals surface area (Å²) in [5, 5.41) is 10.4. The van der Waals surface area contributed by atoms with Gasteiger partial charge in [0.15, 0.2) is 0 Å². The van der Waals surface area contributed by atoms with Crippen LogP contribution in [0.2, 0.25) is 0 Å². The van der Waals surface area contributed by atoms with Crippen LogP contribution in [0.3, 0.4) is 0 Å². The highest BCUT2D eigenvalue weighted by Crippen LogP contribution is 2.26. The first kappa shape index (κ1) is 21.0. The number of β-amino-alcohol motifs (C(OH)–C–C–N with tert-alkyl or cyclic N) is 1. The highest BCUT2D eigenvalue weighted by molar-refractivity contribution is 5.39. The lowest BCUT2D eigenvalue weighted by Gasteiger charge is -2.35. The molecule has 0 saturated carbocycles. The third-order valence-electron chi connectivity index (χ3n) is 5.67. The Kier molecular flexibility index (Phi) is 7.10. The monoisotopic (exact) mass is 412 g/mol. The molecule has 4 rings (SSSR count). The fourth-order valence-corrected chi connectivity index (χ4v) is 4.07. The summed E-state index contributed by atoms with van der Waals surface area (Å²) in [6.07, 6.45) is 0.521. The molecule has 0 aliphatic carbocycles. The molecule has 162 valence electrons. The standard InChI is InChI=1S/C24H32N2O4/c1-2-28-22-4-6-23(7-5-22)30-18-21(27)17-26-12-10-25(11-13-26)16-19-3-8-24-20(15-19)9-14-29-24/h3-8,15,21,27H,2,9-14,16-18H2,1H3. The number of piperazine rings is 1. The van der Waals surface area contributed by atoms with Crippen LogP contribution in [0.4, 0.5) is 0 Å². The van der Waals surface area contributed by atoms with E-state index in [2.05, 4.69) is 28.0 Å². The number of fused-ring (bicyclic) bond motifs is 1. The topological polar surface area (TPSA) is 54.4 Å². The van der Waals surface area contributed by atoms with Gasteiger partial charge in [0.1, 0.15) is 30.0 Å². The molecule has 2 aliphatic heterocycles. The minimum atomic E-state index is -0.500. The van der Waals surface area contributed by atoms with Crippen molar-refractivity contribution >= 4 is 0 Å². The summed E-state index contributed by atoms with van der Waals surface area (Å²) in [7, 11) is 0. The second kappa shape index (κ2) is 10.2. The van der Waals surface area contributed by atoms with E-state index in [4.69, 9.17) is 14.2 Å². The van der Waals surface area contributed by atoms with Crippen molar-refractivity contribution in [2.45, 2.75) is 26.0 Å². The van der Waals surface area contributed by atoms with Crippen molar-refractivity contribution in [3.05, 3.63) is 53.6 Å². The van der Waals surface area contributed by atoms with Crippen molar-refractivity contribution in [1.29, 1.82) is 0 Å².